The molecule has 0 radical (unpaired) electrons. The van der Waals surface area contributed by atoms with Crippen molar-refractivity contribution in [3.63, 3.8) is 0 Å². The van der Waals surface area contributed by atoms with E-state index in [-0.39, 0.29) is 22.6 Å². The Kier molecular flexibility index (Phi) is 6.45. The molecule has 0 bridgehead atoms. The van der Waals surface area contributed by atoms with E-state index < -0.39 is 10.9 Å². The van der Waals surface area contributed by atoms with Gasteiger partial charge in [0.1, 0.15) is 5.69 Å². The van der Waals surface area contributed by atoms with Crippen molar-refractivity contribution in [3.05, 3.63) is 112 Å². The first kappa shape index (κ1) is 21.8. The highest BCUT2D eigenvalue weighted by Gasteiger charge is 2.23. The molecule has 0 spiro atoms. The number of nitrogens with one attached hydrogen (secondary N) is 1. The van der Waals surface area contributed by atoms with Gasteiger partial charge < -0.3 is 15.0 Å². The van der Waals surface area contributed by atoms with Crippen LogP contribution in [0.5, 0.6) is 0 Å². The number of imidazole rings is 1. The monoisotopic (exact) mass is 442 g/mol. The highest BCUT2D eigenvalue weighted by molar-refractivity contribution is 5.97. The maximum absolute atomic E-state index is 11.8. The predicted octanol–water partition coefficient (Wildman–Crippen LogP) is 5.40. The number of carboxylic acid groups (broad SMARTS) is 1. The maximum Gasteiger partial charge on any atom is 0.338 e. The van der Waals surface area contributed by atoms with Crippen molar-refractivity contribution in [1.29, 1.82) is 0 Å². The van der Waals surface area contributed by atoms with E-state index in [0.717, 1.165) is 25.3 Å². The Morgan fingerprint density at radius 2 is 1.73 bits per heavy atom. The lowest BCUT2D eigenvalue weighted by atomic mass is 10.0. The van der Waals surface area contributed by atoms with Crippen LogP contribution in [0, 0.1) is 10.1 Å². The Bertz CT molecular complexity index is 1250. The van der Waals surface area contributed by atoms with Gasteiger partial charge in [0.25, 0.3) is 5.69 Å². The lowest BCUT2D eigenvalue weighted by Gasteiger charge is -2.13. The second-order valence-electron chi connectivity index (χ2n) is 7.58. The summed E-state index contributed by atoms with van der Waals surface area (Å²) in [5.41, 5.74) is 3.16. The number of nitrogens with zero attached hydrogens (tertiary/aromatic N) is 3. The van der Waals surface area contributed by atoms with Crippen molar-refractivity contribution in [2.75, 3.05) is 5.32 Å². The first-order valence-corrected chi connectivity index (χ1v) is 10.5. The molecule has 4 rings (SSSR count). The summed E-state index contributed by atoms with van der Waals surface area (Å²) in [6.07, 6.45) is 7.45. The fraction of sp³-hybridized carbons (Fsp3) is 0.120. The average Bonchev–Trinajstić information content (AvgIpc) is 3.35. The molecule has 0 amide bonds. The minimum atomic E-state index is -1.25. The summed E-state index contributed by atoms with van der Waals surface area (Å²) in [6, 6.07) is 20.6. The number of benzene rings is 3. The van der Waals surface area contributed by atoms with Gasteiger partial charge in [-0.2, -0.15) is 0 Å². The molecule has 0 fully saturated rings. The molecule has 0 unspecified atom stereocenters. The van der Waals surface area contributed by atoms with Crippen LogP contribution < -0.4 is 5.32 Å². The highest BCUT2D eigenvalue weighted by atomic mass is 16.6. The Morgan fingerprint density at radius 3 is 2.33 bits per heavy atom. The van der Waals surface area contributed by atoms with Gasteiger partial charge in [0.2, 0.25) is 0 Å². The molecule has 8 heteroatoms. The maximum atomic E-state index is 11.8. The zero-order valence-corrected chi connectivity index (χ0v) is 17.7. The van der Waals surface area contributed by atoms with Crippen LogP contribution in [0.15, 0.2) is 85.5 Å². The zero-order valence-electron chi connectivity index (χ0n) is 17.7. The van der Waals surface area contributed by atoms with Crippen LogP contribution in [0.4, 0.5) is 17.1 Å². The second-order valence-corrected chi connectivity index (χ2v) is 7.58. The molecule has 0 atom stereocenters. The zero-order chi connectivity index (χ0) is 23.2. The summed E-state index contributed by atoms with van der Waals surface area (Å²) < 4.78 is 1.48. The average molecular weight is 442 g/mol. The smallest absolute Gasteiger partial charge is 0.338 e. The third kappa shape index (κ3) is 5.24. The third-order valence-electron chi connectivity index (χ3n) is 5.33. The first-order chi connectivity index (χ1) is 16.0. The number of hydrogen-bond acceptors (Lipinski definition) is 5. The number of carbonyl (C=O) groups is 1. The van der Waals surface area contributed by atoms with Crippen LogP contribution in [-0.2, 0) is 12.8 Å². The van der Waals surface area contributed by atoms with E-state index in [1.54, 1.807) is 6.20 Å². The van der Waals surface area contributed by atoms with Crippen LogP contribution in [0.3, 0.4) is 0 Å². The van der Waals surface area contributed by atoms with Gasteiger partial charge in [0.15, 0.2) is 0 Å². The molecular formula is C25H22N4O4. The Hall–Kier alpha value is -4.46. The van der Waals surface area contributed by atoms with Crippen molar-refractivity contribution in [2.45, 2.75) is 19.3 Å². The number of nitro benzene ring substituents is 1. The Balaban J connectivity index is 1.53. The van der Waals surface area contributed by atoms with E-state index in [9.17, 15) is 20.0 Å². The molecule has 166 valence electrons. The van der Waals surface area contributed by atoms with Gasteiger partial charge in [-0.3, -0.25) is 10.1 Å². The highest BCUT2D eigenvalue weighted by Crippen LogP contribution is 2.32. The third-order valence-corrected chi connectivity index (χ3v) is 5.33. The predicted molar refractivity (Wildman–Crippen MR) is 125 cm³/mol. The van der Waals surface area contributed by atoms with Crippen LogP contribution >= 0.6 is 0 Å². The van der Waals surface area contributed by atoms with Gasteiger partial charge in [0, 0.05) is 24.1 Å². The first-order valence-electron chi connectivity index (χ1n) is 10.5. The van der Waals surface area contributed by atoms with E-state index in [1.165, 1.54) is 34.3 Å². The second kappa shape index (κ2) is 9.78. The minimum Gasteiger partial charge on any atom is -0.478 e. The van der Waals surface area contributed by atoms with Gasteiger partial charge in [-0.25, -0.2) is 9.78 Å². The van der Waals surface area contributed by atoms with E-state index in [1.807, 2.05) is 42.5 Å². The van der Waals surface area contributed by atoms with Crippen molar-refractivity contribution < 1.29 is 14.8 Å². The standard InChI is InChI=1S/C25H22N4O4/c30-25(31)21-15-24(29(32)33)23(28-14-13-26-17-28)16-22(21)27-20-11-9-19(10-12-20)8-4-7-18-5-2-1-3-6-18/h1-3,5-6,9-17,27H,4,7-8H2,(H,30,31). The number of anilines is 2. The molecule has 0 aliphatic heterocycles. The van der Waals surface area contributed by atoms with Crippen LogP contribution in [0.25, 0.3) is 5.69 Å². The topological polar surface area (TPSA) is 110 Å². The molecule has 0 aliphatic rings. The number of carboxylic acids is 1. The number of rotatable bonds is 9. The molecule has 0 aliphatic carbocycles. The van der Waals surface area contributed by atoms with Crippen LogP contribution in [0.2, 0.25) is 0 Å². The summed E-state index contributed by atoms with van der Waals surface area (Å²) in [4.78, 5) is 26.7. The lowest BCUT2D eigenvalue weighted by Crippen LogP contribution is -2.07. The minimum absolute atomic E-state index is 0.183. The van der Waals surface area contributed by atoms with E-state index >= 15 is 0 Å². The van der Waals surface area contributed by atoms with Crippen LogP contribution in [0.1, 0.15) is 27.9 Å². The van der Waals surface area contributed by atoms with Gasteiger partial charge in [-0.1, -0.05) is 42.5 Å². The van der Waals surface area contributed by atoms with Crippen LogP contribution in [-0.4, -0.2) is 25.6 Å². The quantitative estimate of drug-likeness (QED) is 0.265. The molecule has 1 heterocycles. The molecular weight excluding hydrogens is 420 g/mol. The summed E-state index contributed by atoms with van der Waals surface area (Å²) in [5.74, 6) is -1.25. The van der Waals surface area contributed by atoms with E-state index in [4.69, 9.17) is 0 Å². The van der Waals surface area contributed by atoms with Crippen molar-refractivity contribution in [3.8, 4) is 5.69 Å². The molecule has 4 aromatic rings. The SMILES string of the molecule is O=C(O)c1cc([N+](=O)[O-])c(-n2ccnc2)cc1Nc1ccc(CCCc2ccccc2)cc1. The van der Waals surface area contributed by atoms with Gasteiger partial charge >= 0.3 is 5.97 Å². The van der Waals surface area contributed by atoms with Gasteiger partial charge in [-0.05, 0) is 48.6 Å². The molecule has 1 aromatic heterocycles. The fourth-order valence-electron chi connectivity index (χ4n) is 3.66. The Labute approximate surface area is 190 Å². The largest absolute Gasteiger partial charge is 0.478 e. The van der Waals surface area contributed by atoms with Crippen molar-refractivity contribution in [1.82, 2.24) is 9.55 Å². The fourth-order valence-corrected chi connectivity index (χ4v) is 3.66. The van der Waals surface area contributed by atoms with Gasteiger partial charge in [0.05, 0.1) is 22.5 Å². The number of aryl methyl sites for hydroxylation is 2. The summed E-state index contributed by atoms with van der Waals surface area (Å²) in [7, 11) is 0. The Morgan fingerprint density at radius 1 is 1.03 bits per heavy atom. The summed E-state index contributed by atoms with van der Waals surface area (Å²) in [6.45, 7) is 0. The molecule has 0 saturated carbocycles. The molecule has 2 N–H and O–H groups in total. The molecule has 3 aromatic carbocycles. The number of nitro groups is 1. The molecule has 33 heavy (non-hydrogen) atoms. The van der Waals surface area contributed by atoms with Gasteiger partial charge in [-0.15, -0.1) is 0 Å². The normalized spacial score (nSPS) is 10.7. The van der Waals surface area contributed by atoms with Crippen molar-refractivity contribution in [2.24, 2.45) is 0 Å². The number of hydrogen-bond donors (Lipinski definition) is 2. The summed E-state index contributed by atoms with van der Waals surface area (Å²) >= 11 is 0. The van der Waals surface area contributed by atoms with Crippen molar-refractivity contribution >= 4 is 23.0 Å². The lowest BCUT2D eigenvalue weighted by molar-refractivity contribution is -0.384. The summed E-state index contributed by atoms with van der Waals surface area (Å²) in [5, 5.41) is 24.3. The van der Waals surface area contributed by atoms with E-state index in [0.29, 0.717) is 5.69 Å². The molecule has 0 saturated heterocycles. The number of aromatic nitrogens is 2. The molecule has 8 nitrogen and oxygen atoms in total. The van der Waals surface area contributed by atoms with E-state index in [2.05, 4.69) is 22.4 Å². The number of aromatic carboxylic acids is 1.